The smallest absolute Gasteiger partial charge is 0.164 e. The fourth-order valence-corrected chi connectivity index (χ4v) is 2.83. The number of rotatable bonds is 1. The molecular formula is C15H13ClFNO. The van der Waals surface area contributed by atoms with Gasteiger partial charge in [0.2, 0.25) is 0 Å². The maximum absolute atomic E-state index is 13.6. The van der Waals surface area contributed by atoms with Crippen molar-refractivity contribution in [2.45, 2.75) is 26.2 Å². The molecule has 1 aromatic carbocycles. The monoisotopic (exact) mass is 277 g/mol. The van der Waals surface area contributed by atoms with E-state index in [9.17, 15) is 9.18 Å². The van der Waals surface area contributed by atoms with Crippen LogP contribution in [0.4, 0.5) is 4.39 Å². The molecule has 0 aliphatic heterocycles. The Morgan fingerprint density at radius 1 is 1.26 bits per heavy atom. The van der Waals surface area contributed by atoms with Gasteiger partial charge in [-0.05, 0) is 44.0 Å². The fraction of sp³-hybridized carbons (Fsp3) is 0.267. The first kappa shape index (κ1) is 12.4. The lowest BCUT2D eigenvalue weighted by molar-refractivity contribution is 0.0972. The van der Waals surface area contributed by atoms with Crippen molar-refractivity contribution in [2.24, 2.45) is 0 Å². The zero-order valence-electron chi connectivity index (χ0n) is 10.5. The summed E-state index contributed by atoms with van der Waals surface area (Å²) in [6.07, 6.45) is 2.30. The summed E-state index contributed by atoms with van der Waals surface area (Å²) in [5.41, 5.74) is 3.42. The quantitative estimate of drug-likeness (QED) is 0.769. The SMILES string of the molecule is Cc1cc2c(n1-c1ccc(Cl)c(F)c1)CCCC2=O. The molecule has 19 heavy (non-hydrogen) atoms. The Balaban J connectivity index is 2.20. The van der Waals surface area contributed by atoms with Crippen LogP contribution in [-0.2, 0) is 6.42 Å². The molecule has 2 aromatic rings. The second kappa shape index (κ2) is 4.49. The van der Waals surface area contributed by atoms with E-state index in [-0.39, 0.29) is 10.8 Å². The lowest BCUT2D eigenvalue weighted by Gasteiger charge is -2.16. The van der Waals surface area contributed by atoms with Gasteiger partial charge >= 0.3 is 0 Å². The van der Waals surface area contributed by atoms with Gasteiger partial charge in [-0.3, -0.25) is 4.79 Å². The van der Waals surface area contributed by atoms with E-state index in [4.69, 9.17) is 11.6 Å². The Morgan fingerprint density at radius 3 is 2.79 bits per heavy atom. The first-order valence-electron chi connectivity index (χ1n) is 6.28. The minimum atomic E-state index is -0.442. The first-order valence-corrected chi connectivity index (χ1v) is 6.65. The first-order chi connectivity index (χ1) is 9.08. The second-order valence-corrected chi connectivity index (χ2v) is 5.26. The summed E-state index contributed by atoms with van der Waals surface area (Å²) in [6.45, 7) is 1.93. The highest BCUT2D eigenvalue weighted by Gasteiger charge is 2.23. The molecule has 98 valence electrons. The number of nitrogens with zero attached hydrogens (tertiary/aromatic N) is 1. The van der Waals surface area contributed by atoms with Crippen molar-refractivity contribution in [1.29, 1.82) is 0 Å². The summed E-state index contributed by atoms with van der Waals surface area (Å²) in [4.78, 5) is 11.9. The van der Waals surface area contributed by atoms with Crippen molar-refractivity contribution >= 4 is 17.4 Å². The molecule has 2 nitrogen and oxygen atoms in total. The zero-order chi connectivity index (χ0) is 13.6. The van der Waals surface area contributed by atoms with Gasteiger partial charge in [0.25, 0.3) is 0 Å². The number of halogens is 2. The van der Waals surface area contributed by atoms with Crippen LogP contribution < -0.4 is 0 Å². The van der Waals surface area contributed by atoms with Crippen LogP contribution in [0.1, 0.15) is 34.6 Å². The minimum Gasteiger partial charge on any atom is -0.317 e. The van der Waals surface area contributed by atoms with Crippen molar-refractivity contribution in [1.82, 2.24) is 4.57 Å². The number of hydrogen-bond acceptors (Lipinski definition) is 1. The molecule has 1 heterocycles. The van der Waals surface area contributed by atoms with Crippen LogP contribution in [0.25, 0.3) is 5.69 Å². The van der Waals surface area contributed by atoms with Crippen LogP contribution in [-0.4, -0.2) is 10.4 Å². The maximum Gasteiger partial charge on any atom is 0.164 e. The standard InChI is InChI=1S/C15H13ClFNO/c1-9-7-11-14(3-2-4-15(11)19)18(9)10-5-6-12(16)13(17)8-10/h5-8H,2-4H2,1H3. The molecular weight excluding hydrogens is 265 g/mol. The molecule has 0 bridgehead atoms. The van der Waals surface area contributed by atoms with E-state index in [1.807, 2.05) is 17.6 Å². The molecule has 0 amide bonds. The summed E-state index contributed by atoms with van der Waals surface area (Å²) in [5.74, 6) is -0.263. The Hall–Kier alpha value is -1.61. The molecule has 0 N–H and O–H groups in total. The van der Waals surface area contributed by atoms with Gasteiger partial charge in [-0.25, -0.2) is 4.39 Å². The number of Topliss-reactive ketones (excluding diaryl/α,β-unsaturated/α-hetero) is 1. The van der Waals surface area contributed by atoms with Gasteiger partial charge in [-0.2, -0.15) is 0 Å². The minimum absolute atomic E-state index is 0.110. The Bertz CT molecular complexity index is 675. The van der Waals surface area contributed by atoms with E-state index in [1.54, 1.807) is 12.1 Å². The van der Waals surface area contributed by atoms with E-state index in [0.29, 0.717) is 6.42 Å². The predicted molar refractivity (Wildman–Crippen MR) is 72.7 cm³/mol. The molecule has 1 aliphatic rings. The van der Waals surface area contributed by atoms with Crippen LogP contribution >= 0.6 is 11.6 Å². The number of carbonyl (C=O) groups is 1. The number of hydrogen-bond donors (Lipinski definition) is 0. The van der Waals surface area contributed by atoms with Gasteiger partial charge in [-0.15, -0.1) is 0 Å². The van der Waals surface area contributed by atoms with Gasteiger partial charge in [0, 0.05) is 29.1 Å². The highest BCUT2D eigenvalue weighted by atomic mass is 35.5. The van der Waals surface area contributed by atoms with Crippen molar-refractivity contribution < 1.29 is 9.18 Å². The lowest BCUT2D eigenvalue weighted by atomic mass is 9.96. The van der Waals surface area contributed by atoms with Gasteiger partial charge in [0.15, 0.2) is 5.78 Å². The van der Waals surface area contributed by atoms with Crippen LogP contribution in [0.2, 0.25) is 5.02 Å². The summed E-state index contributed by atoms with van der Waals surface area (Å²) < 4.78 is 15.5. The average Bonchev–Trinajstić information content (AvgIpc) is 2.71. The molecule has 1 aliphatic carbocycles. The van der Waals surface area contributed by atoms with Gasteiger partial charge in [-0.1, -0.05) is 11.6 Å². The van der Waals surface area contributed by atoms with E-state index in [2.05, 4.69) is 0 Å². The third-order valence-corrected chi connectivity index (χ3v) is 3.87. The Kier molecular flexibility index (Phi) is 2.94. The number of carbonyl (C=O) groups excluding carboxylic acids is 1. The molecule has 4 heteroatoms. The molecule has 0 radical (unpaired) electrons. The molecule has 3 rings (SSSR count). The van der Waals surface area contributed by atoms with E-state index in [1.165, 1.54) is 6.07 Å². The maximum atomic E-state index is 13.6. The highest BCUT2D eigenvalue weighted by molar-refractivity contribution is 6.30. The molecule has 0 saturated heterocycles. The topological polar surface area (TPSA) is 22.0 Å². The molecule has 0 spiro atoms. The molecule has 0 unspecified atom stereocenters. The zero-order valence-corrected chi connectivity index (χ0v) is 11.3. The third kappa shape index (κ3) is 1.98. The molecule has 0 fully saturated rings. The molecule has 0 saturated carbocycles. The highest BCUT2D eigenvalue weighted by Crippen LogP contribution is 2.29. The fourth-order valence-electron chi connectivity index (χ4n) is 2.71. The average molecular weight is 278 g/mol. The van der Waals surface area contributed by atoms with Crippen molar-refractivity contribution in [3.63, 3.8) is 0 Å². The summed E-state index contributed by atoms with van der Waals surface area (Å²) in [5, 5.41) is 0.110. The summed E-state index contributed by atoms with van der Waals surface area (Å²) in [7, 11) is 0. The Labute approximate surface area is 115 Å². The number of ketones is 1. The van der Waals surface area contributed by atoms with Crippen molar-refractivity contribution in [3.05, 3.63) is 52.1 Å². The van der Waals surface area contributed by atoms with Gasteiger partial charge in [0.05, 0.1) is 5.02 Å². The summed E-state index contributed by atoms with van der Waals surface area (Å²) >= 11 is 5.71. The predicted octanol–water partition coefficient (Wildman–Crippen LogP) is 4.10. The van der Waals surface area contributed by atoms with E-state index < -0.39 is 5.82 Å². The number of benzene rings is 1. The van der Waals surface area contributed by atoms with Crippen LogP contribution in [0.5, 0.6) is 0 Å². The van der Waals surface area contributed by atoms with Gasteiger partial charge in [0.1, 0.15) is 5.82 Å². The van der Waals surface area contributed by atoms with Crippen LogP contribution in [0.15, 0.2) is 24.3 Å². The van der Waals surface area contributed by atoms with Crippen molar-refractivity contribution in [3.8, 4) is 5.69 Å². The van der Waals surface area contributed by atoms with E-state index >= 15 is 0 Å². The number of fused-ring (bicyclic) bond motifs is 1. The second-order valence-electron chi connectivity index (χ2n) is 4.86. The molecule has 0 atom stereocenters. The number of aromatic nitrogens is 1. The molecule has 1 aromatic heterocycles. The van der Waals surface area contributed by atoms with Gasteiger partial charge < -0.3 is 4.57 Å². The largest absolute Gasteiger partial charge is 0.317 e. The number of aryl methyl sites for hydroxylation is 1. The van der Waals surface area contributed by atoms with Crippen molar-refractivity contribution in [2.75, 3.05) is 0 Å². The third-order valence-electron chi connectivity index (χ3n) is 3.57. The normalized spacial score (nSPS) is 14.6. The lowest BCUT2D eigenvalue weighted by Crippen LogP contribution is -2.12. The van der Waals surface area contributed by atoms with Crippen LogP contribution in [0, 0.1) is 12.7 Å². The van der Waals surface area contributed by atoms with Crippen LogP contribution in [0.3, 0.4) is 0 Å². The van der Waals surface area contributed by atoms with E-state index in [0.717, 1.165) is 35.5 Å². The summed E-state index contributed by atoms with van der Waals surface area (Å²) in [6, 6.07) is 6.62. The Morgan fingerprint density at radius 2 is 2.05 bits per heavy atom.